The summed E-state index contributed by atoms with van der Waals surface area (Å²) in [6.07, 6.45) is 0.633. The third-order valence-corrected chi connectivity index (χ3v) is 12.6. The van der Waals surface area contributed by atoms with E-state index >= 15 is 0 Å². The third kappa shape index (κ3) is 19.1. The van der Waals surface area contributed by atoms with Gasteiger partial charge in [-0.15, -0.1) is 0 Å². The molecule has 82 heavy (non-hydrogen) atoms. The van der Waals surface area contributed by atoms with Crippen LogP contribution in [-0.2, 0) is 66.2 Å². The van der Waals surface area contributed by atoms with Gasteiger partial charge in [0.25, 0.3) is 0 Å². The Morgan fingerprint density at radius 3 is 1.57 bits per heavy atom. The minimum atomic E-state index is -1.81. The van der Waals surface area contributed by atoms with Crippen molar-refractivity contribution in [1.29, 1.82) is 0 Å². The predicted octanol–water partition coefficient (Wildman–Crippen LogP) is 6.28. The molecule has 0 unspecified atom stereocenters. The molecule has 20 heteroatoms. The fraction of sp³-hybridized carbons (Fsp3) is 0.435. The fourth-order valence-electron chi connectivity index (χ4n) is 9.07. The van der Waals surface area contributed by atoms with Crippen LogP contribution in [0.4, 0.5) is 4.79 Å². The van der Waals surface area contributed by atoms with E-state index in [2.05, 4.69) is 31.9 Å². The van der Waals surface area contributed by atoms with Crippen molar-refractivity contribution in [3.63, 3.8) is 0 Å². The number of benzene rings is 4. The number of alkyl carbamates (subject to hydrolysis) is 1. The number of carboxylic acids is 1. The van der Waals surface area contributed by atoms with Gasteiger partial charge in [0.05, 0.1) is 30.3 Å². The number of nitrogens with zero attached hydrogens (tertiary/aromatic N) is 2. The lowest BCUT2D eigenvalue weighted by Gasteiger charge is -2.37. The van der Waals surface area contributed by atoms with E-state index in [0.29, 0.717) is 11.3 Å². The Labute approximate surface area is 480 Å². The molecule has 5 aromatic rings. The second-order valence-corrected chi connectivity index (χ2v) is 23.5. The molecule has 5 atom stereocenters. The summed E-state index contributed by atoms with van der Waals surface area (Å²) in [7, 11) is 0. The Balaban J connectivity index is 1.38. The lowest BCUT2D eigenvalue weighted by molar-refractivity contribution is -0.155. The molecular formula is C62H80N8O12. The standard InChI is InChI=1S/C62H80N8O12/c1-40(80-58(2,3)4)51(54(75)65-48(55(76)77)35-41-25-17-13-18-26-41)68-49(71)37-63-52(73)46(33-34-50(72)81-59(5,6)7)66-56(78)61(11,12)69-53(74)47(67-57(79)82-60(8,9)10)36-45-38-70(39-64-45)62(42-27-19-14-20-28-42,43-29-21-15-22-30-43)44-31-23-16-24-32-44/h13-32,38-40,46-48,51H,33-37H2,1-12H3,(H,63,73)(H,65,75)(H,66,78)(H,67,79)(H,68,71)(H,69,74)(H,76,77)/t40-,46+,47+,48+,51+/m1/s1. The molecule has 0 radical (unpaired) electrons. The Hall–Kier alpha value is -8.39. The van der Waals surface area contributed by atoms with Crippen LogP contribution in [0.5, 0.6) is 0 Å². The van der Waals surface area contributed by atoms with Crippen molar-refractivity contribution in [2.75, 3.05) is 6.54 Å². The highest BCUT2D eigenvalue weighted by Crippen LogP contribution is 2.41. The maximum Gasteiger partial charge on any atom is 0.408 e. The number of nitrogens with one attached hydrogen (secondary N) is 6. The molecule has 0 saturated heterocycles. The number of esters is 1. The molecular weight excluding hydrogens is 1050 g/mol. The Bertz CT molecular complexity index is 2870. The third-order valence-electron chi connectivity index (χ3n) is 12.6. The summed E-state index contributed by atoms with van der Waals surface area (Å²) < 4.78 is 19.0. The molecule has 0 spiro atoms. The van der Waals surface area contributed by atoms with Crippen LogP contribution >= 0.6 is 0 Å². The first-order valence-corrected chi connectivity index (χ1v) is 27.2. The number of aliphatic carboxylic acids is 1. The van der Waals surface area contributed by atoms with Crippen LogP contribution in [0.25, 0.3) is 0 Å². The average molecular weight is 1130 g/mol. The van der Waals surface area contributed by atoms with Gasteiger partial charge in [0, 0.05) is 25.5 Å². The van der Waals surface area contributed by atoms with E-state index in [0.717, 1.165) is 16.7 Å². The number of imidazole rings is 1. The Morgan fingerprint density at radius 2 is 1.09 bits per heavy atom. The molecule has 0 saturated carbocycles. The summed E-state index contributed by atoms with van der Waals surface area (Å²) >= 11 is 0. The van der Waals surface area contributed by atoms with Gasteiger partial charge in [-0.05, 0) is 112 Å². The molecule has 0 aliphatic heterocycles. The molecule has 0 aliphatic carbocycles. The SMILES string of the molecule is C[C@@H](OC(C)(C)C)[C@H](NC(=O)CNC(=O)[C@H](CCC(=O)OC(C)(C)C)NC(=O)C(C)(C)NC(=O)[C@H](Cc1cn(C(c2ccccc2)(c2ccccc2)c2ccccc2)cn1)NC(=O)OC(C)(C)C)C(=O)N[C@@H](Cc1ccccc1)C(=O)O. The van der Waals surface area contributed by atoms with Crippen molar-refractivity contribution < 1.29 is 57.7 Å². The van der Waals surface area contributed by atoms with Crippen molar-refractivity contribution in [2.24, 2.45) is 0 Å². The van der Waals surface area contributed by atoms with Gasteiger partial charge in [-0.2, -0.15) is 0 Å². The van der Waals surface area contributed by atoms with Crippen LogP contribution in [0.3, 0.4) is 0 Å². The van der Waals surface area contributed by atoms with Gasteiger partial charge in [-0.25, -0.2) is 14.6 Å². The summed E-state index contributed by atoms with van der Waals surface area (Å²) in [5, 5.41) is 25.5. The highest BCUT2D eigenvalue weighted by molar-refractivity contribution is 5.97. The molecule has 1 heterocycles. The van der Waals surface area contributed by atoms with Crippen molar-refractivity contribution in [3.8, 4) is 0 Å². The molecule has 440 valence electrons. The van der Waals surface area contributed by atoms with Crippen molar-refractivity contribution in [1.82, 2.24) is 41.5 Å². The summed E-state index contributed by atoms with van der Waals surface area (Å²) in [6.45, 7) is 18.7. The Kier molecular flexibility index (Phi) is 21.9. The van der Waals surface area contributed by atoms with Crippen molar-refractivity contribution in [2.45, 2.75) is 167 Å². The maximum atomic E-state index is 14.6. The molecule has 4 aromatic carbocycles. The number of carbonyl (C=O) groups is 8. The van der Waals surface area contributed by atoms with E-state index in [1.54, 1.807) is 105 Å². The molecule has 20 nitrogen and oxygen atoms in total. The summed E-state index contributed by atoms with van der Waals surface area (Å²) in [4.78, 5) is 114. The highest BCUT2D eigenvalue weighted by atomic mass is 16.6. The quantitative estimate of drug-likeness (QED) is 0.0251. The highest BCUT2D eigenvalue weighted by Gasteiger charge is 2.41. The largest absolute Gasteiger partial charge is 0.480 e. The lowest BCUT2D eigenvalue weighted by atomic mass is 9.77. The molecule has 1 aromatic heterocycles. The number of rotatable bonds is 25. The number of aromatic nitrogens is 2. The smallest absolute Gasteiger partial charge is 0.408 e. The van der Waals surface area contributed by atoms with Crippen molar-refractivity contribution in [3.05, 3.63) is 162 Å². The first-order valence-electron chi connectivity index (χ1n) is 27.2. The lowest BCUT2D eigenvalue weighted by Crippen LogP contribution is -2.62. The number of carbonyl (C=O) groups excluding carboxylic acids is 7. The zero-order chi connectivity index (χ0) is 60.6. The summed E-state index contributed by atoms with van der Waals surface area (Å²) in [5.41, 5.74) is -1.61. The zero-order valence-corrected chi connectivity index (χ0v) is 49.0. The molecule has 0 fully saturated rings. The second-order valence-electron chi connectivity index (χ2n) is 23.5. The Morgan fingerprint density at radius 1 is 0.573 bits per heavy atom. The van der Waals surface area contributed by atoms with Gasteiger partial charge < -0.3 is 55.8 Å². The van der Waals surface area contributed by atoms with Crippen LogP contribution in [0.15, 0.2) is 134 Å². The van der Waals surface area contributed by atoms with E-state index < -0.39 is 112 Å². The molecule has 0 aliphatic rings. The maximum absolute atomic E-state index is 14.6. The number of carboxylic acid groups (broad SMARTS) is 1. The second kappa shape index (κ2) is 27.9. The molecule has 0 bridgehead atoms. The summed E-state index contributed by atoms with van der Waals surface area (Å²) in [6, 6.07) is 32.6. The van der Waals surface area contributed by atoms with Crippen LogP contribution < -0.4 is 31.9 Å². The van der Waals surface area contributed by atoms with E-state index in [-0.39, 0.29) is 25.7 Å². The van der Waals surface area contributed by atoms with Gasteiger partial charge in [-0.1, -0.05) is 121 Å². The van der Waals surface area contributed by atoms with E-state index in [1.807, 2.05) is 95.6 Å². The van der Waals surface area contributed by atoms with Gasteiger partial charge >= 0.3 is 18.0 Å². The zero-order valence-electron chi connectivity index (χ0n) is 49.0. The molecule has 5 rings (SSSR count). The first-order chi connectivity index (χ1) is 38.4. The number of ether oxygens (including phenoxy) is 3. The first kappa shape index (κ1) is 64.4. The normalized spacial score (nSPS) is 13.9. The van der Waals surface area contributed by atoms with Crippen LogP contribution in [0.2, 0.25) is 0 Å². The minimum absolute atomic E-state index is 0.0545. The van der Waals surface area contributed by atoms with Crippen LogP contribution in [0.1, 0.15) is 124 Å². The van der Waals surface area contributed by atoms with Crippen LogP contribution in [-0.4, -0.2) is 121 Å². The van der Waals surface area contributed by atoms with Gasteiger partial charge in [0.15, 0.2) is 0 Å². The van der Waals surface area contributed by atoms with Gasteiger partial charge in [0.2, 0.25) is 29.5 Å². The van der Waals surface area contributed by atoms with Crippen LogP contribution in [0, 0.1) is 0 Å². The monoisotopic (exact) mass is 1130 g/mol. The van der Waals surface area contributed by atoms with E-state index in [4.69, 9.17) is 19.2 Å². The number of amides is 6. The van der Waals surface area contributed by atoms with E-state index in [1.165, 1.54) is 20.8 Å². The predicted molar refractivity (Wildman–Crippen MR) is 308 cm³/mol. The summed E-state index contributed by atoms with van der Waals surface area (Å²) in [5.74, 6) is -6.35. The topological polar surface area (TPSA) is 274 Å². The van der Waals surface area contributed by atoms with Gasteiger partial charge in [0.1, 0.15) is 46.4 Å². The molecule has 6 amide bonds. The minimum Gasteiger partial charge on any atom is -0.480 e. The number of hydrogen-bond acceptors (Lipinski definition) is 12. The van der Waals surface area contributed by atoms with E-state index in [9.17, 15) is 43.5 Å². The average Bonchev–Trinajstić information content (AvgIpc) is 2.26. The molecule has 7 N–H and O–H groups in total. The van der Waals surface area contributed by atoms with Crippen molar-refractivity contribution >= 4 is 47.6 Å². The number of hydrogen-bond donors (Lipinski definition) is 7. The van der Waals surface area contributed by atoms with Gasteiger partial charge in [-0.3, -0.25) is 28.8 Å². The fourth-order valence-corrected chi connectivity index (χ4v) is 9.07.